The minimum absolute atomic E-state index is 0.552. The largest absolute Gasteiger partial charge is 0.497 e. The van der Waals surface area contributed by atoms with Crippen LogP contribution in [0.4, 0.5) is 11.5 Å². The first-order valence-corrected chi connectivity index (χ1v) is 8.96. The van der Waals surface area contributed by atoms with E-state index in [1.165, 1.54) is 0 Å². The minimum Gasteiger partial charge on any atom is -0.497 e. The highest BCUT2D eigenvalue weighted by Crippen LogP contribution is 2.35. The molecule has 2 aromatic carbocycles. The van der Waals surface area contributed by atoms with Gasteiger partial charge in [-0.15, -0.1) is 0 Å². The number of ether oxygens (including phenoxy) is 3. The van der Waals surface area contributed by atoms with Gasteiger partial charge in [-0.05, 0) is 48.5 Å². The fraction of sp³-hybridized carbons (Fsp3) is 0.143. The maximum absolute atomic E-state index is 5.68. The van der Waals surface area contributed by atoms with E-state index in [4.69, 9.17) is 19.2 Å². The van der Waals surface area contributed by atoms with Crippen LogP contribution in [0.5, 0.6) is 17.2 Å². The molecule has 0 amide bonds. The van der Waals surface area contributed by atoms with Gasteiger partial charge in [0.15, 0.2) is 17.3 Å². The SMILES string of the molecule is COc1ccc(Nc2nccc3[nH]c(-c4ccc5c(c4)OCCO5)nc23)cc1. The topological polar surface area (TPSA) is 81.3 Å². The number of aromatic nitrogens is 3. The number of rotatable bonds is 4. The van der Waals surface area contributed by atoms with Crippen LogP contribution in [0.1, 0.15) is 0 Å². The molecule has 4 aromatic rings. The monoisotopic (exact) mass is 374 g/mol. The Balaban J connectivity index is 1.50. The van der Waals surface area contributed by atoms with E-state index in [0.717, 1.165) is 45.4 Å². The fourth-order valence-corrected chi connectivity index (χ4v) is 3.17. The summed E-state index contributed by atoms with van der Waals surface area (Å²) >= 11 is 0. The Labute approximate surface area is 161 Å². The van der Waals surface area contributed by atoms with Crippen molar-refractivity contribution < 1.29 is 14.2 Å². The molecular weight excluding hydrogens is 356 g/mol. The molecule has 0 saturated heterocycles. The van der Waals surface area contributed by atoms with E-state index < -0.39 is 0 Å². The highest BCUT2D eigenvalue weighted by atomic mass is 16.6. The maximum atomic E-state index is 5.68. The molecule has 0 unspecified atom stereocenters. The predicted octanol–water partition coefficient (Wildman–Crippen LogP) is 4.15. The zero-order chi connectivity index (χ0) is 18.9. The molecule has 2 aromatic heterocycles. The number of fused-ring (bicyclic) bond motifs is 2. The number of H-pyrrole nitrogens is 1. The Kier molecular flexibility index (Phi) is 3.97. The van der Waals surface area contributed by atoms with Crippen LogP contribution in [0.25, 0.3) is 22.4 Å². The summed E-state index contributed by atoms with van der Waals surface area (Å²) in [5.41, 5.74) is 3.50. The molecule has 2 N–H and O–H groups in total. The van der Waals surface area contributed by atoms with Gasteiger partial charge in [0.1, 0.15) is 30.3 Å². The van der Waals surface area contributed by atoms with Crippen molar-refractivity contribution in [2.45, 2.75) is 0 Å². The van der Waals surface area contributed by atoms with Crippen LogP contribution in [0.2, 0.25) is 0 Å². The lowest BCUT2D eigenvalue weighted by Crippen LogP contribution is -2.15. The Hall–Kier alpha value is -3.74. The quantitative estimate of drug-likeness (QED) is 0.559. The zero-order valence-corrected chi connectivity index (χ0v) is 15.2. The summed E-state index contributed by atoms with van der Waals surface area (Å²) in [4.78, 5) is 12.6. The van der Waals surface area contributed by atoms with E-state index in [0.29, 0.717) is 19.0 Å². The molecule has 0 saturated carbocycles. The third-order valence-corrected chi connectivity index (χ3v) is 4.57. The number of imidazole rings is 1. The van der Waals surface area contributed by atoms with Gasteiger partial charge in [-0.2, -0.15) is 0 Å². The van der Waals surface area contributed by atoms with Crippen molar-refractivity contribution in [3.8, 4) is 28.6 Å². The summed E-state index contributed by atoms with van der Waals surface area (Å²) in [6.07, 6.45) is 1.75. The minimum atomic E-state index is 0.552. The fourth-order valence-electron chi connectivity index (χ4n) is 3.17. The summed E-state index contributed by atoms with van der Waals surface area (Å²) in [5.74, 6) is 3.73. The van der Waals surface area contributed by atoms with E-state index in [1.54, 1.807) is 13.3 Å². The van der Waals surface area contributed by atoms with Crippen LogP contribution in [-0.2, 0) is 0 Å². The number of hydrogen-bond acceptors (Lipinski definition) is 6. The van der Waals surface area contributed by atoms with E-state index in [2.05, 4.69) is 15.3 Å². The number of anilines is 2. The summed E-state index contributed by atoms with van der Waals surface area (Å²) in [6.45, 7) is 1.12. The Morgan fingerprint density at radius 2 is 1.82 bits per heavy atom. The first-order chi connectivity index (χ1) is 13.8. The second kappa shape index (κ2) is 6.77. The lowest BCUT2D eigenvalue weighted by atomic mass is 10.2. The zero-order valence-electron chi connectivity index (χ0n) is 15.2. The van der Waals surface area contributed by atoms with Crippen LogP contribution in [-0.4, -0.2) is 35.3 Å². The first kappa shape index (κ1) is 16.4. The predicted molar refractivity (Wildman–Crippen MR) is 107 cm³/mol. The van der Waals surface area contributed by atoms with E-state index in [-0.39, 0.29) is 0 Å². The van der Waals surface area contributed by atoms with Crippen molar-refractivity contribution in [2.75, 3.05) is 25.6 Å². The molecule has 140 valence electrons. The molecule has 7 heteroatoms. The van der Waals surface area contributed by atoms with Crippen LogP contribution in [0, 0.1) is 0 Å². The average molecular weight is 374 g/mol. The number of hydrogen-bond donors (Lipinski definition) is 2. The second-order valence-corrected chi connectivity index (χ2v) is 6.35. The molecule has 0 radical (unpaired) electrons. The Bertz CT molecular complexity index is 1140. The summed E-state index contributed by atoms with van der Waals surface area (Å²) in [7, 11) is 1.65. The second-order valence-electron chi connectivity index (χ2n) is 6.35. The average Bonchev–Trinajstić information content (AvgIpc) is 3.19. The molecule has 5 rings (SSSR count). The summed E-state index contributed by atoms with van der Waals surface area (Å²) < 4.78 is 16.5. The molecule has 0 bridgehead atoms. The molecular formula is C21H18N4O3. The first-order valence-electron chi connectivity index (χ1n) is 8.96. The number of aromatic amines is 1. The smallest absolute Gasteiger partial charge is 0.162 e. The normalized spacial score (nSPS) is 12.8. The molecule has 0 atom stereocenters. The number of methoxy groups -OCH3 is 1. The van der Waals surface area contributed by atoms with E-state index in [9.17, 15) is 0 Å². The van der Waals surface area contributed by atoms with Gasteiger partial charge >= 0.3 is 0 Å². The lowest BCUT2D eigenvalue weighted by molar-refractivity contribution is 0.171. The lowest BCUT2D eigenvalue weighted by Gasteiger charge is -2.18. The van der Waals surface area contributed by atoms with Gasteiger partial charge in [-0.3, -0.25) is 0 Å². The summed E-state index contributed by atoms with van der Waals surface area (Å²) in [5, 5.41) is 3.32. The van der Waals surface area contributed by atoms with Gasteiger partial charge < -0.3 is 24.5 Å². The van der Waals surface area contributed by atoms with Gasteiger partial charge in [0.2, 0.25) is 0 Å². The molecule has 0 fully saturated rings. The molecule has 0 spiro atoms. The highest BCUT2D eigenvalue weighted by molar-refractivity contribution is 5.90. The van der Waals surface area contributed by atoms with Crippen LogP contribution >= 0.6 is 0 Å². The molecule has 28 heavy (non-hydrogen) atoms. The Morgan fingerprint density at radius 3 is 2.64 bits per heavy atom. The molecule has 0 aliphatic carbocycles. The van der Waals surface area contributed by atoms with Crippen molar-refractivity contribution in [1.29, 1.82) is 0 Å². The third kappa shape index (κ3) is 2.96. The molecule has 3 heterocycles. The standard InChI is InChI=1S/C21H18N4O3/c1-26-15-5-3-14(4-6-15)23-21-19-16(8-9-22-21)24-20(25-19)13-2-7-17-18(12-13)28-11-10-27-17/h2-9,12H,10-11H2,1H3,(H,22,23)(H,24,25). The van der Waals surface area contributed by atoms with Crippen LogP contribution in [0.15, 0.2) is 54.7 Å². The number of nitrogens with one attached hydrogen (secondary N) is 2. The number of benzene rings is 2. The number of pyridine rings is 1. The van der Waals surface area contributed by atoms with Gasteiger partial charge in [0, 0.05) is 17.4 Å². The van der Waals surface area contributed by atoms with Gasteiger partial charge in [-0.25, -0.2) is 9.97 Å². The molecule has 7 nitrogen and oxygen atoms in total. The van der Waals surface area contributed by atoms with Crippen LogP contribution < -0.4 is 19.5 Å². The molecule has 1 aliphatic heterocycles. The van der Waals surface area contributed by atoms with E-state index in [1.807, 2.05) is 48.5 Å². The van der Waals surface area contributed by atoms with Gasteiger partial charge in [0.05, 0.1) is 12.6 Å². The van der Waals surface area contributed by atoms with Crippen molar-refractivity contribution in [3.63, 3.8) is 0 Å². The van der Waals surface area contributed by atoms with Crippen molar-refractivity contribution in [1.82, 2.24) is 15.0 Å². The van der Waals surface area contributed by atoms with Crippen molar-refractivity contribution in [2.24, 2.45) is 0 Å². The van der Waals surface area contributed by atoms with Gasteiger partial charge in [-0.1, -0.05) is 0 Å². The number of nitrogens with zero attached hydrogens (tertiary/aromatic N) is 2. The Morgan fingerprint density at radius 1 is 1.00 bits per heavy atom. The van der Waals surface area contributed by atoms with Crippen LogP contribution in [0.3, 0.4) is 0 Å². The third-order valence-electron chi connectivity index (χ3n) is 4.57. The van der Waals surface area contributed by atoms with Crippen molar-refractivity contribution in [3.05, 3.63) is 54.7 Å². The highest BCUT2D eigenvalue weighted by Gasteiger charge is 2.15. The maximum Gasteiger partial charge on any atom is 0.162 e. The van der Waals surface area contributed by atoms with Gasteiger partial charge in [0.25, 0.3) is 0 Å². The van der Waals surface area contributed by atoms with E-state index >= 15 is 0 Å². The summed E-state index contributed by atoms with van der Waals surface area (Å²) in [6, 6.07) is 15.4. The van der Waals surface area contributed by atoms with Crippen molar-refractivity contribution >= 4 is 22.5 Å². The molecule has 1 aliphatic rings.